The minimum atomic E-state index is -0.307. The number of nitrogens with zero attached hydrogens (tertiary/aromatic N) is 2. The Bertz CT molecular complexity index is 245. The van der Waals surface area contributed by atoms with E-state index in [9.17, 15) is 9.59 Å². The molecule has 2 amide bonds. The van der Waals surface area contributed by atoms with Crippen molar-refractivity contribution in [2.45, 2.75) is 13.8 Å². The standard InChI is InChI=1S/C10H19N3O2/c1-8(2)10(15)13-5-3-12(4-6-13)7-9(11)14/h8H,3-7H2,1-2H3,(H2,11,14). The van der Waals surface area contributed by atoms with Gasteiger partial charge in [-0.15, -0.1) is 0 Å². The molecule has 1 heterocycles. The van der Waals surface area contributed by atoms with Crippen molar-refractivity contribution in [3.63, 3.8) is 0 Å². The molecule has 1 saturated heterocycles. The first-order chi connectivity index (χ1) is 7.00. The van der Waals surface area contributed by atoms with E-state index in [2.05, 4.69) is 0 Å². The van der Waals surface area contributed by atoms with Gasteiger partial charge in [0.1, 0.15) is 0 Å². The lowest BCUT2D eigenvalue weighted by Gasteiger charge is -2.34. The monoisotopic (exact) mass is 213 g/mol. The highest BCUT2D eigenvalue weighted by atomic mass is 16.2. The zero-order chi connectivity index (χ0) is 11.4. The van der Waals surface area contributed by atoms with Crippen LogP contribution < -0.4 is 5.73 Å². The largest absolute Gasteiger partial charge is 0.369 e. The number of hydrogen-bond acceptors (Lipinski definition) is 3. The van der Waals surface area contributed by atoms with Crippen molar-refractivity contribution in [2.24, 2.45) is 11.7 Å². The smallest absolute Gasteiger partial charge is 0.231 e. The molecule has 5 heteroatoms. The van der Waals surface area contributed by atoms with Crippen LogP contribution in [0.5, 0.6) is 0 Å². The summed E-state index contributed by atoms with van der Waals surface area (Å²) in [5, 5.41) is 0. The van der Waals surface area contributed by atoms with Crippen molar-refractivity contribution in [1.82, 2.24) is 9.80 Å². The van der Waals surface area contributed by atoms with Gasteiger partial charge < -0.3 is 10.6 Å². The van der Waals surface area contributed by atoms with Crippen molar-refractivity contribution in [3.05, 3.63) is 0 Å². The van der Waals surface area contributed by atoms with Crippen LogP contribution in [0.1, 0.15) is 13.8 Å². The van der Waals surface area contributed by atoms with E-state index < -0.39 is 0 Å². The summed E-state index contributed by atoms with van der Waals surface area (Å²) in [6.07, 6.45) is 0. The molecular weight excluding hydrogens is 194 g/mol. The number of piperazine rings is 1. The molecule has 0 unspecified atom stereocenters. The van der Waals surface area contributed by atoms with E-state index in [1.54, 1.807) is 0 Å². The Morgan fingerprint density at radius 2 is 1.73 bits per heavy atom. The second-order valence-electron chi connectivity index (χ2n) is 4.22. The van der Waals surface area contributed by atoms with Crippen molar-refractivity contribution in [1.29, 1.82) is 0 Å². The first-order valence-corrected chi connectivity index (χ1v) is 5.30. The quantitative estimate of drug-likeness (QED) is 0.672. The van der Waals surface area contributed by atoms with Gasteiger partial charge in [-0.3, -0.25) is 14.5 Å². The number of hydrogen-bond donors (Lipinski definition) is 1. The third-order valence-electron chi connectivity index (χ3n) is 2.56. The van der Waals surface area contributed by atoms with Crippen molar-refractivity contribution >= 4 is 11.8 Å². The normalized spacial score (nSPS) is 18.2. The average molecular weight is 213 g/mol. The molecule has 2 N–H and O–H groups in total. The highest BCUT2D eigenvalue weighted by Crippen LogP contribution is 2.06. The minimum Gasteiger partial charge on any atom is -0.369 e. The summed E-state index contributed by atoms with van der Waals surface area (Å²) in [6, 6.07) is 0. The van der Waals surface area contributed by atoms with E-state index in [0.717, 1.165) is 13.1 Å². The average Bonchev–Trinajstić information content (AvgIpc) is 2.17. The molecule has 0 aromatic rings. The Labute approximate surface area is 90.2 Å². The first-order valence-electron chi connectivity index (χ1n) is 5.30. The fourth-order valence-electron chi connectivity index (χ4n) is 1.71. The Balaban J connectivity index is 2.35. The van der Waals surface area contributed by atoms with Gasteiger partial charge in [0.2, 0.25) is 11.8 Å². The van der Waals surface area contributed by atoms with Crippen LogP contribution in [0.4, 0.5) is 0 Å². The molecule has 0 saturated carbocycles. The molecule has 0 bridgehead atoms. The van der Waals surface area contributed by atoms with E-state index in [4.69, 9.17) is 5.73 Å². The fourth-order valence-corrected chi connectivity index (χ4v) is 1.71. The Kier molecular flexibility index (Phi) is 4.08. The third-order valence-corrected chi connectivity index (χ3v) is 2.56. The number of primary amides is 1. The summed E-state index contributed by atoms with van der Waals surface area (Å²) >= 11 is 0. The number of carbonyl (C=O) groups excluding carboxylic acids is 2. The molecular formula is C10H19N3O2. The molecule has 1 rings (SSSR count). The zero-order valence-electron chi connectivity index (χ0n) is 9.40. The molecule has 0 atom stereocenters. The fraction of sp³-hybridized carbons (Fsp3) is 0.800. The van der Waals surface area contributed by atoms with Gasteiger partial charge in [-0.05, 0) is 0 Å². The van der Waals surface area contributed by atoms with Gasteiger partial charge in [-0.2, -0.15) is 0 Å². The summed E-state index contributed by atoms with van der Waals surface area (Å²) in [5.41, 5.74) is 5.10. The number of amides is 2. The van der Waals surface area contributed by atoms with Crippen LogP contribution in [-0.4, -0.2) is 54.3 Å². The lowest BCUT2D eigenvalue weighted by atomic mass is 10.1. The number of carbonyl (C=O) groups is 2. The SMILES string of the molecule is CC(C)C(=O)N1CCN(CC(N)=O)CC1. The molecule has 1 aliphatic heterocycles. The maximum Gasteiger partial charge on any atom is 0.231 e. The lowest BCUT2D eigenvalue weighted by Crippen LogP contribution is -2.51. The summed E-state index contributed by atoms with van der Waals surface area (Å²) in [4.78, 5) is 26.2. The lowest BCUT2D eigenvalue weighted by molar-refractivity contribution is -0.136. The maximum absolute atomic E-state index is 11.6. The molecule has 86 valence electrons. The molecule has 15 heavy (non-hydrogen) atoms. The molecule has 0 spiro atoms. The van der Waals surface area contributed by atoms with Gasteiger partial charge in [0.15, 0.2) is 0 Å². The van der Waals surface area contributed by atoms with E-state index in [0.29, 0.717) is 19.6 Å². The zero-order valence-corrected chi connectivity index (χ0v) is 9.40. The maximum atomic E-state index is 11.6. The Morgan fingerprint density at radius 3 is 2.13 bits per heavy atom. The summed E-state index contributed by atoms with van der Waals surface area (Å²) < 4.78 is 0. The Hall–Kier alpha value is -1.10. The van der Waals surface area contributed by atoms with Crippen molar-refractivity contribution < 1.29 is 9.59 Å². The second-order valence-corrected chi connectivity index (χ2v) is 4.22. The second kappa shape index (κ2) is 5.11. The predicted molar refractivity (Wildman–Crippen MR) is 57.1 cm³/mol. The van der Waals surface area contributed by atoms with Gasteiger partial charge in [0.25, 0.3) is 0 Å². The molecule has 1 fully saturated rings. The molecule has 0 aliphatic carbocycles. The van der Waals surface area contributed by atoms with Gasteiger partial charge in [-0.1, -0.05) is 13.8 Å². The summed E-state index contributed by atoms with van der Waals surface area (Å²) in [6.45, 7) is 6.97. The number of nitrogens with two attached hydrogens (primary N) is 1. The summed E-state index contributed by atoms with van der Waals surface area (Å²) in [7, 11) is 0. The van der Waals surface area contributed by atoms with E-state index in [1.807, 2.05) is 23.6 Å². The van der Waals surface area contributed by atoms with Crippen LogP contribution in [0.25, 0.3) is 0 Å². The Morgan fingerprint density at radius 1 is 1.20 bits per heavy atom. The highest BCUT2D eigenvalue weighted by molar-refractivity contribution is 5.78. The van der Waals surface area contributed by atoms with Crippen molar-refractivity contribution in [2.75, 3.05) is 32.7 Å². The van der Waals surface area contributed by atoms with Gasteiger partial charge in [-0.25, -0.2) is 0 Å². The van der Waals surface area contributed by atoms with Crippen LogP contribution in [0.15, 0.2) is 0 Å². The van der Waals surface area contributed by atoms with Crippen LogP contribution >= 0.6 is 0 Å². The van der Waals surface area contributed by atoms with Crippen LogP contribution in [0, 0.1) is 5.92 Å². The summed E-state index contributed by atoms with van der Waals surface area (Å²) in [5.74, 6) is -0.0694. The van der Waals surface area contributed by atoms with Crippen LogP contribution in [0.3, 0.4) is 0 Å². The van der Waals surface area contributed by atoms with Crippen molar-refractivity contribution in [3.8, 4) is 0 Å². The molecule has 0 aromatic carbocycles. The van der Waals surface area contributed by atoms with Crippen LogP contribution in [0.2, 0.25) is 0 Å². The number of rotatable bonds is 3. The van der Waals surface area contributed by atoms with Gasteiger partial charge in [0.05, 0.1) is 6.54 Å². The molecule has 0 radical (unpaired) electrons. The highest BCUT2D eigenvalue weighted by Gasteiger charge is 2.23. The van der Waals surface area contributed by atoms with E-state index in [-0.39, 0.29) is 17.7 Å². The van der Waals surface area contributed by atoms with Gasteiger partial charge in [0, 0.05) is 32.1 Å². The third kappa shape index (κ3) is 3.51. The minimum absolute atomic E-state index is 0.0488. The molecule has 0 aromatic heterocycles. The molecule has 5 nitrogen and oxygen atoms in total. The predicted octanol–water partition coefficient (Wildman–Crippen LogP) is -0.728. The van der Waals surface area contributed by atoms with E-state index >= 15 is 0 Å². The topological polar surface area (TPSA) is 66.6 Å². The molecule has 1 aliphatic rings. The van der Waals surface area contributed by atoms with Gasteiger partial charge >= 0.3 is 0 Å². The first kappa shape index (κ1) is 12.0. The van der Waals surface area contributed by atoms with E-state index in [1.165, 1.54) is 0 Å². The van der Waals surface area contributed by atoms with Crippen LogP contribution in [-0.2, 0) is 9.59 Å².